The summed E-state index contributed by atoms with van der Waals surface area (Å²) in [7, 11) is 0. The van der Waals surface area contributed by atoms with Crippen LogP contribution in [0.4, 0.5) is 4.39 Å². The van der Waals surface area contributed by atoms with Gasteiger partial charge in [0.05, 0.1) is 27.7 Å². The molecule has 3 N–H and O–H groups in total. The van der Waals surface area contributed by atoms with Gasteiger partial charge >= 0.3 is 0 Å². The van der Waals surface area contributed by atoms with E-state index in [0.29, 0.717) is 34.1 Å². The van der Waals surface area contributed by atoms with Crippen LogP contribution in [0.1, 0.15) is 15.9 Å². The number of aliphatic hydroxyl groups is 1. The molecule has 1 aromatic heterocycles. The number of hydrogen-bond acceptors (Lipinski definition) is 2. The van der Waals surface area contributed by atoms with Crippen LogP contribution in [0.5, 0.6) is 0 Å². The lowest BCUT2D eigenvalue weighted by atomic mass is 10.1. The lowest BCUT2D eigenvalue weighted by Crippen LogP contribution is -2.12. The first-order valence-corrected chi connectivity index (χ1v) is 10.6. The Morgan fingerprint density at radius 3 is 2.38 bits per heavy atom. The number of aromatic nitrogens is 1. The normalized spacial score (nSPS) is 11.0. The number of halogens is 3. The second-order valence-electron chi connectivity index (χ2n) is 7.23. The summed E-state index contributed by atoms with van der Waals surface area (Å²) in [6.07, 6.45) is 0.369. The molecule has 1 heterocycles. The molecule has 0 bridgehead atoms. The van der Waals surface area contributed by atoms with Crippen molar-refractivity contribution in [1.82, 2.24) is 4.57 Å². The highest BCUT2D eigenvalue weighted by molar-refractivity contribution is 6.31. The first kappa shape index (κ1) is 22.1. The van der Waals surface area contributed by atoms with E-state index in [4.69, 9.17) is 28.9 Å². The SMILES string of the molecule is NC(=O)c1cc(-c2ccccc2)n(-c2cc(Cl)ccc2CCO)c1-c1ccc(F)c(Cl)c1. The number of benzene rings is 3. The van der Waals surface area contributed by atoms with Crippen molar-refractivity contribution in [1.29, 1.82) is 0 Å². The first-order chi connectivity index (χ1) is 15.4. The first-order valence-electron chi connectivity index (χ1n) is 9.86. The van der Waals surface area contributed by atoms with Crippen molar-refractivity contribution in [3.63, 3.8) is 0 Å². The predicted octanol–water partition coefficient (Wildman–Crippen LogP) is 5.89. The van der Waals surface area contributed by atoms with E-state index in [9.17, 15) is 14.3 Å². The Bertz CT molecular complexity index is 1300. The third-order valence-corrected chi connectivity index (χ3v) is 5.72. The van der Waals surface area contributed by atoms with E-state index in [1.807, 2.05) is 41.0 Å². The number of nitrogens with zero attached hydrogens (tertiary/aromatic N) is 1. The fourth-order valence-electron chi connectivity index (χ4n) is 3.77. The minimum absolute atomic E-state index is 0.0725. The van der Waals surface area contributed by atoms with Gasteiger partial charge < -0.3 is 15.4 Å². The molecule has 3 aromatic carbocycles. The number of carbonyl (C=O) groups is 1. The Hall–Kier alpha value is -3.12. The smallest absolute Gasteiger partial charge is 0.250 e. The number of primary amides is 1. The van der Waals surface area contributed by atoms with Gasteiger partial charge in [-0.15, -0.1) is 0 Å². The van der Waals surface area contributed by atoms with E-state index < -0.39 is 11.7 Å². The second kappa shape index (κ2) is 9.17. The number of aliphatic hydroxyl groups excluding tert-OH is 1. The van der Waals surface area contributed by atoms with Crippen LogP contribution in [-0.2, 0) is 6.42 Å². The van der Waals surface area contributed by atoms with E-state index in [0.717, 1.165) is 11.1 Å². The van der Waals surface area contributed by atoms with Gasteiger partial charge in [0.15, 0.2) is 0 Å². The monoisotopic (exact) mass is 468 g/mol. The molecule has 0 fully saturated rings. The predicted molar refractivity (Wildman–Crippen MR) is 126 cm³/mol. The van der Waals surface area contributed by atoms with Crippen molar-refractivity contribution < 1.29 is 14.3 Å². The van der Waals surface area contributed by atoms with Crippen LogP contribution in [0, 0.1) is 5.82 Å². The molecule has 0 saturated heterocycles. The molecule has 162 valence electrons. The highest BCUT2D eigenvalue weighted by atomic mass is 35.5. The lowest BCUT2D eigenvalue weighted by Gasteiger charge is -2.19. The maximum absolute atomic E-state index is 13.9. The van der Waals surface area contributed by atoms with E-state index in [2.05, 4.69) is 0 Å². The fraction of sp³-hybridized carbons (Fsp3) is 0.0800. The third kappa shape index (κ3) is 4.15. The van der Waals surface area contributed by atoms with Gasteiger partial charge in [-0.05, 0) is 53.9 Å². The van der Waals surface area contributed by atoms with Gasteiger partial charge in [-0.2, -0.15) is 0 Å². The summed E-state index contributed by atoms with van der Waals surface area (Å²) in [6.45, 7) is -0.0725. The van der Waals surface area contributed by atoms with Gasteiger partial charge in [0.25, 0.3) is 5.91 Å². The highest BCUT2D eigenvalue weighted by Crippen LogP contribution is 2.38. The highest BCUT2D eigenvalue weighted by Gasteiger charge is 2.24. The maximum atomic E-state index is 13.9. The van der Waals surface area contributed by atoms with Crippen LogP contribution in [0.3, 0.4) is 0 Å². The Kier molecular flexibility index (Phi) is 6.33. The molecular weight excluding hydrogens is 450 g/mol. The number of rotatable bonds is 6. The average molecular weight is 469 g/mol. The van der Waals surface area contributed by atoms with Crippen molar-refractivity contribution in [3.05, 3.63) is 99.8 Å². The van der Waals surface area contributed by atoms with Crippen molar-refractivity contribution in [3.8, 4) is 28.2 Å². The zero-order valence-electron chi connectivity index (χ0n) is 16.9. The molecule has 4 aromatic rings. The minimum Gasteiger partial charge on any atom is -0.396 e. The molecule has 0 spiro atoms. The van der Waals surface area contributed by atoms with E-state index in [1.54, 1.807) is 24.3 Å². The van der Waals surface area contributed by atoms with Crippen LogP contribution < -0.4 is 5.73 Å². The summed E-state index contributed by atoms with van der Waals surface area (Å²) in [6, 6.07) is 20.8. The summed E-state index contributed by atoms with van der Waals surface area (Å²) in [5, 5.41) is 10.0. The largest absolute Gasteiger partial charge is 0.396 e. The molecule has 4 nitrogen and oxygen atoms in total. The van der Waals surface area contributed by atoms with Crippen LogP contribution >= 0.6 is 23.2 Å². The molecule has 0 aliphatic carbocycles. The van der Waals surface area contributed by atoms with E-state index in [-0.39, 0.29) is 17.2 Å². The fourth-order valence-corrected chi connectivity index (χ4v) is 4.12. The molecule has 0 radical (unpaired) electrons. The number of nitrogens with two attached hydrogens (primary N) is 1. The van der Waals surface area contributed by atoms with Crippen LogP contribution in [0.2, 0.25) is 10.0 Å². The quantitative estimate of drug-likeness (QED) is 0.370. The zero-order valence-corrected chi connectivity index (χ0v) is 18.4. The molecular formula is C25H19Cl2FN2O2. The van der Waals surface area contributed by atoms with Crippen molar-refractivity contribution >= 4 is 29.1 Å². The van der Waals surface area contributed by atoms with Gasteiger partial charge in [0, 0.05) is 17.2 Å². The van der Waals surface area contributed by atoms with E-state index in [1.165, 1.54) is 12.1 Å². The molecule has 0 aliphatic rings. The van der Waals surface area contributed by atoms with Gasteiger partial charge in [-0.3, -0.25) is 4.79 Å². The summed E-state index contributed by atoms with van der Waals surface area (Å²) in [5.41, 5.74) is 10.0. The Balaban J connectivity index is 2.14. The summed E-state index contributed by atoms with van der Waals surface area (Å²) in [5.74, 6) is -1.21. The lowest BCUT2D eigenvalue weighted by molar-refractivity contribution is 0.100. The van der Waals surface area contributed by atoms with Crippen LogP contribution in [0.15, 0.2) is 72.8 Å². The van der Waals surface area contributed by atoms with Gasteiger partial charge in [-0.1, -0.05) is 59.6 Å². The molecule has 0 aliphatic heterocycles. The molecule has 0 atom stereocenters. The summed E-state index contributed by atoms with van der Waals surface area (Å²) < 4.78 is 15.8. The number of hydrogen-bond donors (Lipinski definition) is 2. The Morgan fingerprint density at radius 1 is 0.969 bits per heavy atom. The van der Waals surface area contributed by atoms with Crippen LogP contribution in [0.25, 0.3) is 28.2 Å². The Morgan fingerprint density at radius 2 is 1.72 bits per heavy atom. The molecule has 7 heteroatoms. The van der Waals surface area contributed by atoms with Crippen molar-refractivity contribution in [2.45, 2.75) is 6.42 Å². The summed E-state index contributed by atoms with van der Waals surface area (Å²) >= 11 is 12.4. The Labute approximate surface area is 194 Å². The maximum Gasteiger partial charge on any atom is 0.250 e. The van der Waals surface area contributed by atoms with Gasteiger partial charge in [-0.25, -0.2) is 4.39 Å². The molecule has 0 saturated carbocycles. The van der Waals surface area contributed by atoms with Gasteiger partial charge in [0.1, 0.15) is 5.82 Å². The van der Waals surface area contributed by atoms with Crippen molar-refractivity contribution in [2.75, 3.05) is 6.61 Å². The van der Waals surface area contributed by atoms with Crippen molar-refractivity contribution in [2.24, 2.45) is 5.73 Å². The third-order valence-electron chi connectivity index (χ3n) is 5.20. The molecule has 32 heavy (non-hydrogen) atoms. The summed E-state index contributed by atoms with van der Waals surface area (Å²) in [4.78, 5) is 12.5. The number of carbonyl (C=O) groups excluding carboxylic acids is 1. The molecule has 1 amide bonds. The van der Waals surface area contributed by atoms with Crippen LogP contribution in [-0.4, -0.2) is 22.2 Å². The second-order valence-corrected chi connectivity index (χ2v) is 8.08. The standard InChI is InChI=1S/C25H19Cl2FN2O2/c26-18-8-6-16(10-11-31)22(13-18)30-23(15-4-2-1-3-5-15)14-19(25(29)32)24(30)17-7-9-21(28)20(27)12-17/h1-9,12-14,31H,10-11H2,(H2,29,32). The minimum atomic E-state index is -0.637. The molecule has 4 rings (SSSR count). The van der Waals surface area contributed by atoms with E-state index >= 15 is 0 Å². The number of amides is 1. The average Bonchev–Trinajstić information content (AvgIpc) is 3.18. The van der Waals surface area contributed by atoms with Gasteiger partial charge in [0.2, 0.25) is 0 Å². The zero-order chi connectivity index (χ0) is 22.8. The molecule has 0 unspecified atom stereocenters. The topological polar surface area (TPSA) is 68.2 Å².